The normalized spacial score (nSPS) is 12.7. The topological polar surface area (TPSA) is 21.3 Å². The van der Waals surface area contributed by atoms with E-state index < -0.39 is 0 Å². The van der Waals surface area contributed by atoms with Crippen molar-refractivity contribution in [2.45, 2.75) is 39.0 Å². The number of hydrogen-bond donors (Lipinski definition) is 1. The van der Waals surface area contributed by atoms with Crippen molar-refractivity contribution in [1.82, 2.24) is 5.32 Å². The van der Waals surface area contributed by atoms with E-state index in [2.05, 4.69) is 56.6 Å². The second-order valence-corrected chi connectivity index (χ2v) is 6.63. The van der Waals surface area contributed by atoms with Crippen LogP contribution in [0.15, 0.2) is 24.3 Å². The Morgan fingerprint density at radius 3 is 2.42 bits per heavy atom. The Morgan fingerprint density at radius 2 is 1.84 bits per heavy atom. The molecule has 0 saturated heterocycles. The Hall–Kier alpha value is -0.670. The van der Waals surface area contributed by atoms with Gasteiger partial charge in [-0.05, 0) is 36.3 Å². The SMILES string of the molecule is CSC(C)CNCc1ccc(OCCC(C)C)cc1. The molecule has 1 N–H and O–H groups in total. The molecular formula is C16H27NOS. The van der Waals surface area contributed by atoms with Crippen molar-refractivity contribution < 1.29 is 4.74 Å². The van der Waals surface area contributed by atoms with Gasteiger partial charge in [-0.15, -0.1) is 0 Å². The summed E-state index contributed by atoms with van der Waals surface area (Å²) in [4.78, 5) is 0. The first-order chi connectivity index (χ1) is 9.11. The molecule has 0 aliphatic carbocycles. The maximum atomic E-state index is 5.71. The highest BCUT2D eigenvalue weighted by Crippen LogP contribution is 2.13. The van der Waals surface area contributed by atoms with E-state index >= 15 is 0 Å². The van der Waals surface area contributed by atoms with Crippen molar-refractivity contribution in [3.05, 3.63) is 29.8 Å². The van der Waals surface area contributed by atoms with Gasteiger partial charge in [0.25, 0.3) is 0 Å². The minimum absolute atomic E-state index is 0.665. The summed E-state index contributed by atoms with van der Waals surface area (Å²) < 4.78 is 5.71. The van der Waals surface area contributed by atoms with E-state index in [0.717, 1.165) is 31.9 Å². The third-order valence-corrected chi connectivity index (χ3v) is 4.02. The van der Waals surface area contributed by atoms with Crippen LogP contribution in [0.2, 0.25) is 0 Å². The van der Waals surface area contributed by atoms with Crippen LogP contribution in [-0.2, 0) is 6.54 Å². The van der Waals surface area contributed by atoms with Crippen LogP contribution >= 0.6 is 11.8 Å². The molecule has 2 nitrogen and oxygen atoms in total. The molecule has 1 rings (SSSR count). The van der Waals surface area contributed by atoms with Crippen molar-refractivity contribution in [3.63, 3.8) is 0 Å². The zero-order chi connectivity index (χ0) is 14.1. The fourth-order valence-corrected chi connectivity index (χ4v) is 1.90. The number of hydrogen-bond acceptors (Lipinski definition) is 3. The molecule has 0 spiro atoms. The predicted octanol–water partition coefficient (Wildman–Crippen LogP) is 3.95. The Bertz CT molecular complexity index is 337. The maximum absolute atomic E-state index is 5.71. The van der Waals surface area contributed by atoms with E-state index in [0.29, 0.717) is 11.2 Å². The fraction of sp³-hybridized carbons (Fsp3) is 0.625. The third-order valence-electron chi connectivity index (χ3n) is 3.05. The van der Waals surface area contributed by atoms with Crippen LogP contribution in [0, 0.1) is 5.92 Å². The Kier molecular flexibility index (Phi) is 7.99. The van der Waals surface area contributed by atoms with E-state index in [9.17, 15) is 0 Å². The number of benzene rings is 1. The average molecular weight is 281 g/mol. The van der Waals surface area contributed by atoms with Gasteiger partial charge >= 0.3 is 0 Å². The zero-order valence-electron chi connectivity index (χ0n) is 12.6. The van der Waals surface area contributed by atoms with Crippen molar-refractivity contribution in [2.24, 2.45) is 5.92 Å². The highest BCUT2D eigenvalue weighted by molar-refractivity contribution is 7.99. The number of ether oxygens (including phenoxy) is 1. The molecule has 1 aromatic carbocycles. The molecule has 0 heterocycles. The molecule has 0 aromatic heterocycles. The van der Waals surface area contributed by atoms with Crippen LogP contribution in [-0.4, -0.2) is 24.7 Å². The molecule has 0 radical (unpaired) electrons. The van der Waals surface area contributed by atoms with E-state index in [1.165, 1.54) is 5.56 Å². The largest absolute Gasteiger partial charge is 0.494 e. The molecule has 1 atom stereocenters. The van der Waals surface area contributed by atoms with Gasteiger partial charge in [0.2, 0.25) is 0 Å². The zero-order valence-corrected chi connectivity index (χ0v) is 13.4. The lowest BCUT2D eigenvalue weighted by atomic mass is 10.1. The van der Waals surface area contributed by atoms with Crippen molar-refractivity contribution >= 4 is 11.8 Å². The molecule has 19 heavy (non-hydrogen) atoms. The first-order valence-electron chi connectivity index (χ1n) is 7.07. The summed E-state index contributed by atoms with van der Waals surface area (Å²) in [5, 5.41) is 4.13. The van der Waals surface area contributed by atoms with Crippen LogP contribution in [0.5, 0.6) is 5.75 Å². The highest BCUT2D eigenvalue weighted by Gasteiger charge is 2.00. The van der Waals surface area contributed by atoms with E-state index in [1.54, 1.807) is 0 Å². The summed E-state index contributed by atoms with van der Waals surface area (Å²) in [5.41, 5.74) is 1.31. The first-order valence-corrected chi connectivity index (χ1v) is 8.36. The molecule has 0 saturated carbocycles. The molecule has 0 fully saturated rings. The molecule has 0 aliphatic heterocycles. The second kappa shape index (κ2) is 9.27. The van der Waals surface area contributed by atoms with E-state index in [4.69, 9.17) is 4.74 Å². The van der Waals surface area contributed by atoms with Crippen LogP contribution in [0.4, 0.5) is 0 Å². The smallest absolute Gasteiger partial charge is 0.119 e. The standard InChI is InChI=1S/C16H27NOS/c1-13(2)9-10-18-16-7-5-15(6-8-16)12-17-11-14(3)19-4/h5-8,13-14,17H,9-12H2,1-4H3. The first kappa shape index (κ1) is 16.4. The van der Waals surface area contributed by atoms with Gasteiger partial charge in [0.15, 0.2) is 0 Å². The van der Waals surface area contributed by atoms with Crippen molar-refractivity contribution in [3.8, 4) is 5.75 Å². The number of thioether (sulfide) groups is 1. The fourth-order valence-electron chi connectivity index (χ4n) is 1.62. The minimum Gasteiger partial charge on any atom is -0.494 e. The lowest BCUT2D eigenvalue weighted by molar-refractivity contribution is 0.289. The third kappa shape index (κ3) is 7.48. The van der Waals surface area contributed by atoms with Gasteiger partial charge < -0.3 is 10.1 Å². The summed E-state index contributed by atoms with van der Waals surface area (Å²) in [6.07, 6.45) is 3.26. The van der Waals surface area contributed by atoms with Crippen molar-refractivity contribution in [1.29, 1.82) is 0 Å². The van der Waals surface area contributed by atoms with Gasteiger partial charge in [0, 0.05) is 18.3 Å². The average Bonchev–Trinajstić information content (AvgIpc) is 2.40. The Balaban J connectivity index is 2.27. The van der Waals surface area contributed by atoms with Gasteiger partial charge in [-0.2, -0.15) is 11.8 Å². The van der Waals surface area contributed by atoms with Gasteiger partial charge in [-0.25, -0.2) is 0 Å². The van der Waals surface area contributed by atoms with Crippen LogP contribution < -0.4 is 10.1 Å². The summed E-state index contributed by atoms with van der Waals surface area (Å²) >= 11 is 1.89. The van der Waals surface area contributed by atoms with E-state index in [-0.39, 0.29) is 0 Å². The summed E-state index contributed by atoms with van der Waals surface area (Å²) in [7, 11) is 0. The molecule has 0 aliphatic rings. The van der Waals surface area contributed by atoms with Crippen LogP contribution in [0.1, 0.15) is 32.8 Å². The van der Waals surface area contributed by atoms with Crippen LogP contribution in [0.25, 0.3) is 0 Å². The number of nitrogens with one attached hydrogen (secondary N) is 1. The molecule has 0 amide bonds. The molecule has 108 valence electrons. The van der Waals surface area contributed by atoms with Gasteiger partial charge in [-0.1, -0.05) is 32.9 Å². The van der Waals surface area contributed by atoms with Gasteiger partial charge in [-0.3, -0.25) is 0 Å². The summed E-state index contributed by atoms with van der Waals surface area (Å²) in [6.45, 7) is 9.45. The Labute approximate surface area is 122 Å². The molecular weight excluding hydrogens is 254 g/mol. The van der Waals surface area contributed by atoms with Crippen LogP contribution in [0.3, 0.4) is 0 Å². The maximum Gasteiger partial charge on any atom is 0.119 e. The van der Waals surface area contributed by atoms with Gasteiger partial charge in [0.05, 0.1) is 6.61 Å². The Morgan fingerprint density at radius 1 is 1.16 bits per heavy atom. The second-order valence-electron chi connectivity index (χ2n) is 5.35. The minimum atomic E-state index is 0.665. The monoisotopic (exact) mass is 281 g/mol. The van der Waals surface area contributed by atoms with E-state index in [1.807, 2.05) is 11.8 Å². The number of rotatable bonds is 9. The molecule has 1 unspecified atom stereocenters. The molecule has 3 heteroatoms. The molecule has 1 aromatic rings. The summed E-state index contributed by atoms with van der Waals surface area (Å²) in [5.74, 6) is 1.67. The summed E-state index contributed by atoms with van der Waals surface area (Å²) in [6, 6.07) is 8.41. The lowest BCUT2D eigenvalue weighted by Crippen LogP contribution is -2.21. The predicted molar refractivity (Wildman–Crippen MR) is 86.1 cm³/mol. The highest BCUT2D eigenvalue weighted by atomic mass is 32.2. The van der Waals surface area contributed by atoms with Crippen molar-refractivity contribution in [2.75, 3.05) is 19.4 Å². The lowest BCUT2D eigenvalue weighted by Gasteiger charge is -2.11. The van der Waals surface area contributed by atoms with Gasteiger partial charge in [0.1, 0.15) is 5.75 Å². The molecule has 0 bridgehead atoms. The quantitative estimate of drug-likeness (QED) is 0.740.